The minimum Gasteiger partial charge on any atom is -0.384 e. The Balaban J connectivity index is 1.40. The highest BCUT2D eigenvalue weighted by Crippen LogP contribution is 2.43. The van der Waals surface area contributed by atoms with E-state index in [9.17, 15) is 14.3 Å². The molecule has 0 spiro atoms. The minimum atomic E-state index is -1.17. The third-order valence-corrected chi connectivity index (χ3v) is 8.30. The monoisotopic (exact) mass is 533 g/mol. The van der Waals surface area contributed by atoms with Gasteiger partial charge in [-0.05, 0) is 42.0 Å². The number of nitrogens with zero attached hydrogens (tertiary/aromatic N) is 5. The van der Waals surface area contributed by atoms with Crippen LogP contribution in [0.15, 0.2) is 60.9 Å². The number of pyridine rings is 2. The predicted molar refractivity (Wildman–Crippen MR) is 142 cm³/mol. The van der Waals surface area contributed by atoms with E-state index in [1.165, 1.54) is 18.3 Å². The normalized spacial score (nSPS) is 27.3. The lowest BCUT2D eigenvalue weighted by molar-refractivity contribution is -0.152. The average Bonchev–Trinajstić information content (AvgIpc) is 3.37. The van der Waals surface area contributed by atoms with Gasteiger partial charge in [0.2, 0.25) is 5.91 Å². The van der Waals surface area contributed by atoms with E-state index in [0.29, 0.717) is 48.1 Å². The molecule has 196 valence electrons. The van der Waals surface area contributed by atoms with Crippen molar-refractivity contribution in [1.29, 1.82) is 5.26 Å². The van der Waals surface area contributed by atoms with E-state index in [-0.39, 0.29) is 35.4 Å². The summed E-state index contributed by atoms with van der Waals surface area (Å²) < 4.78 is 13.5. The van der Waals surface area contributed by atoms with Gasteiger partial charge in [-0.15, -0.1) is 0 Å². The molecule has 0 saturated carbocycles. The Labute approximate surface area is 226 Å². The topological polar surface area (TPSA) is 93.4 Å². The zero-order valence-corrected chi connectivity index (χ0v) is 22.0. The third kappa shape index (κ3) is 4.72. The van der Waals surface area contributed by atoms with Crippen molar-refractivity contribution in [2.24, 2.45) is 17.8 Å². The molecular weight excluding hydrogens is 505 g/mol. The Bertz CT molecular complexity index is 1330. The molecule has 1 N–H and O–H groups in total. The van der Waals surface area contributed by atoms with Gasteiger partial charge in [-0.3, -0.25) is 9.78 Å². The Morgan fingerprint density at radius 1 is 1.03 bits per heavy atom. The molecule has 4 heterocycles. The molecule has 2 aliphatic rings. The van der Waals surface area contributed by atoms with Crippen LogP contribution in [0.2, 0.25) is 5.02 Å². The highest BCUT2D eigenvalue weighted by Gasteiger charge is 2.49. The van der Waals surface area contributed by atoms with Gasteiger partial charge in [-0.25, -0.2) is 9.37 Å². The molecule has 1 aromatic carbocycles. The van der Waals surface area contributed by atoms with Gasteiger partial charge in [0.05, 0.1) is 22.1 Å². The highest BCUT2D eigenvalue weighted by molar-refractivity contribution is 6.30. The highest BCUT2D eigenvalue weighted by atomic mass is 35.5. The number of likely N-dealkylation sites (tertiary alicyclic amines) is 1. The lowest BCUT2D eigenvalue weighted by atomic mass is 9.70. The largest absolute Gasteiger partial charge is 0.384 e. The van der Waals surface area contributed by atoms with E-state index in [4.69, 9.17) is 16.9 Å². The predicted octanol–water partition coefficient (Wildman–Crippen LogP) is 4.36. The summed E-state index contributed by atoms with van der Waals surface area (Å²) in [4.78, 5) is 26.9. The first kappa shape index (κ1) is 26.1. The molecule has 2 fully saturated rings. The summed E-state index contributed by atoms with van der Waals surface area (Å²) in [6.07, 6.45) is 3.12. The smallest absolute Gasteiger partial charge is 0.228 e. The maximum Gasteiger partial charge on any atom is 0.228 e. The van der Waals surface area contributed by atoms with Crippen molar-refractivity contribution in [2.75, 3.05) is 31.1 Å². The third-order valence-electron chi connectivity index (χ3n) is 8.08. The second kappa shape index (κ2) is 10.3. The van der Waals surface area contributed by atoms with Crippen molar-refractivity contribution in [1.82, 2.24) is 14.9 Å². The molecular formula is C29H29ClFN5O2. The summed E-state index contributed by atoms with van der Waals surface area (Å²) in [6, 6.07) is 15.2. The molecule has 2 aliphatic heterocycles. The van der Waals surface area contributed by atoms with E-state index in [1.54, 1.807) is 36.5 Å². The molecule has 3 aromatic rings. The van der Waals surface area contributed by atoms with Crippen molar-refractivity contribution in [3.8, 4) is 6.07 Å². The minimum absolute atomic E-state index is 0.00255. The van der Waals surface area contributed by atoms with Crippen molar-refractivity contribution < 1.29 is 14.3 Å². The van der Waals surface area contributed by atoms with E-state index < -0.39 is 5.60 Å². The number of hydrogen-bond acceptors (Lipinski definition) is 6. The molecule has 5 atom stereocenters. The Hall–Kier alpha value is -3.54. The molecule has 2 saturated heterocycles. The Morgan fingerprint density at radius 3 is 2.32 bits per heavy atom. The van der Waals surface area contributed by atoms with Crippen LogP contribution in [0.1, 0.15) is 36.6 Å². The van der Waals surface area contributed by atoms with E-state index in [0.717, 1.165) is 5.69 Å². The van der Waals surface area contributed by atoms with Crippen LogP contribution in [0.4, 0.5) is 10.2 Å². The zero-order chi connectivity index (χ0) is 27.0. The first-order chi connectivity index (χ1) is 18.2. The number of anilines is 1. The molecule has 0 aliphatic carbocycles. The lowest BCUT2D eigenvalue weighted by Crippen LogP contribution is -2.57. The number of benzene rings is 1. The van der Waals surface area contributed by atoms with Gasteiger partial charge in [0.25, 0.3) is 0 Å². The summed E-state index contributed by atoms with van der Waals surface area (Å²) in [6.45, 7) is 5.61. The first-order valence-electron chi connectivity index (χ1n) is 12.7. The molecule has 9 heteroatoms. The number of nitriles is 1. The van der Waals surface area contributed by atoms with Crippen LogP contribution in [0, 0.1) is 34.9 Å². The SMILES string of the molecule is C[C@@H]1CN(C(=O)[C@@H]2CN(c3ccc(C#N)cn3)C[C@H]2c2ccc(Cl)cn2)C[C@H](C)[C@@]1(O)c1ccc(F)cc1. The number of rotatable bonds is 4. The first-order valence-corrected chi connectivity index (χ1v) is 13.1. The summed E-state index contributed by atoms with van der Waals surface area (Å²) in [7, 11) is 0. The van der Waals surface area contributed by atoms with Gasteiger partial charge in [0.1, 0.15) is 17.7 Å². The summed E-state index contributed by atoms with van der Waals surface area (Å²) in [5, 5.41) is 21.4. The fourth-order valence-corrected chi connectivity index (χ4v) is 6.10. The van der Waals surface area contributed by atoms with Gasteiger partial charge in [-0.2, -0.15) is 5.26 Å². The fourth-order valence-electron chi connectivity index (χ4n) is 5.99. The molecule has 0 unspecified atom stereocenters. The molecule has 38 heavy (non-hydrogen) atoms. The van der Waals surface area contributed by atoms with Crippen LogP contribution in [-0.4, -0.2) is 52.1 Å². The standard InChI is InChI=1S/C29H29ClFN5O2/c1-18-14-36(15-19(2)29(18,38)21-4-7-23(31)8-5-21)28(37)25-17-35(27-10-3-20(11-32)12-34-27)16-24(25)26-9-6-22(30)13-33-26/h3-10,12-13,18-19,24-25,38H,14-17H2,1-2H3/t18-,19+,24-,25-,29-/m1/s1. The quantitative estimate of drug-likeness (QED) is 0.535. The van der Waals surface area contributed by atoms with E-state index >= 15 is 0 Å². The number of aromatic nitrogens is 2. The van der Waals surface area contributed by atoms with Crippen LogP contribution < -0.4 is 4.90 Å². The van der Waals surface area contributed by atoms with Crippen LogP contribution in [0.5, 0.6) is 0 Å². The van der Waals surface area contributed by atoms with Crippen molar-refractivity contribution >= 4 is 23.3 Å². The number of hydrogen-bond donors (Lipinski definition) is 1. The molecule has 2 aromatic heterocycles. The van der Waals surface area contributed by atoms with E-state index in [2.05, 4.69) is 20.9 Å². The molecule has 1 amide bonds. The molecule has 5 rings (SSSR count). The van der Waals surface area contributed by atoms with Gasteiger partial charge in [0.15, 0.2) is 0 Å². The maximum atomic E-state index is 14.1. The molecule has 0 bridgehead atoms. The maximum absolute atomic E-state index is 14.1. The van der Waals surface area contributed by atoms with Gasteiger partial charge in [0, 0.05) is 62.0 Å². The number of carbonyl (C=O) groups is 1. The summed E-state index contributed by atoms with van der Waals surface area (Å²) >= 11 is 6.08. The second-order valence-electron chi connectivity index (χ2n) is 10.4. The summed E-state index contributed by atoms with van der Waals surface area (Å²) in [5.74, 6) is -0.726. The lowest BCUT2D eigenvalue weighted by Gasteiger charge is -2.48. The molecule has 0 radical (unpaired) electrons. The number of amides is 1. The van der Waals surface area contributed by atoms with Crippen LogP contribution in [0.25, 0.3) is 0 Å². The van der Waals surface area contributed by atoms with Gasteiger partial charge in [-0.1, -0.05) is 37.6 Å². The Kier molecular flexibility index (Phi) is 7.08. The van der Waals surface area contributed by atoms with Crippen molar-refractivity contribution in [3.63, 3.8) is 0 Å². The van der Waals surface area contributed by atoms with Crippen molar-refractivity contribution in [3.05, 3.63) is 88.6 Å². The number of carbonyl (C=O) groups excluding carboxylic acids is 1. The molecule has 7 nitrogen and oxygen atoms in total. The fraction of sp³-hybridized carbons (Fsp3) is 0.379. The number of piperidine rings is 1. The van der Waals surface area contributed by atoms with Gasteiger partial charge >= 0.3 is 0 Å². The second-order valence-corrected chi connectivity index (χ2v) is 10.9. The summed E-state index contributed by atoms with van der Waals surface area (Å²) in [5.41, 5.74) is 0.745. The zero-order valence-electron chi connectivity index (χ0n) is 21.3. The van der Waals surface area contributed by atoms with Crippen molar-refractivity contribution in [2.45, 2.75) is 25.4 Å². The average molecular weight is 534 g/mol. The number of halogens is 2. The Morgan fingerprint density at radius 2 is 1.74 bits per heavy atom. The number of aliphatic hydroxyl groups is 1. The van der Waals surface area contributed by atoms with Crippen LogP contribution in [-0.2, 0) is 10.4 Å². The van der Waals surface area contributed by atoms with Crippen LogP contribution >= 0.6 is 11.6 Å². The van der Waals surface area contributed by atoms with Crippen LogP contribution in [0.3, 0.4) is 0 Å². The van der Waals surface area contributed by atoms with E-state index in [1.807, 2.05) is 24.8 Å². The van der Waals surface area contributed by atoms with Gasteiger partial charge < -0.3 is 14.9 Å².